The third kappa shape index (κ3) is 3.22. The van der Waals surface area contributed by atoms with Crippen molar-refractivity contribution in [3.05, 3.63) is 30.3 Å². The minimum absolute atomic E-state index is 0.542. The van der Waals surface area contributed by atoms with Gasteiger partial charge in [0, 0.05) is 27.0 Å². The number of carbonyl (C=O) groups excluding carboxylic acids is 1. The first-order chi connectivity index (χ1) is 7.69. The number of para-hydroxylation sites is 1. The summed E-state index contributed by atoms with van der Waals surface area (Å²) in [5.74, 6) is 0. The fraction of sp³-hybridized carbons (Fsp3) is 0.364. The quantitative estimate of drug-likeness (QED) is 0.733. The summed E-state index contributed by atoms with van der Waals surface area (Å²) >= 11 is 0. The van der Waals surface area contributed by atoms with E-state index in [2.05, 4.69) is 0 Å². The van der Waals surface area contributed by atoms with E-state index < -0.39 is 12.6 Å². The number of amides is 1. The van der Waals surface area contributed by atoms with Gasteiger partial charge in [0.05, 0.1) is 0 Å². The van der Waals surface area contributed by atoms with E-state index in [1.54, 1.807) is 19.2 Å². The zero-order valence-electron chi connectivity index (χ0n) is 9.54. The number of nitrogens with zero attached hydrogens (tertiary/aromatic N) is 1. The van der Waals surface area contributed by atoms with E-state index >= 15 is 0 Å². The highest BCUT2D eigenvalue weighted by atomic mass is 16.8. The molecule has 0 aromatic heterocycles. The molecular formula is C11H15NO4. The molecule has 1 aromatic rings. The van der Waals surface area contributed by atoms with Gasteiger partial charge in [-0.05, 0) is 12.1 Å². The van der Waals surface area contributed by atoms with Crippen molar-refractivity contribution in [1.82, 2.24) is 0 Å². The second-order valence-electron chi connectivity index (χ2n) is 3.04. The maximum atomic E-state index is 11.6. The zero-order chi connectivity index (χ0) is 12.0. The van der Waals surface area contributed by atoms with Crippen LogP contribution in [0.3, 0.4) is 0 Å². The molecule has 0 unspecified atom stereocenters. The van der Waals surface area contributed by atoms with Crippen LogP contribution in [-0.4, -0.2) is 33.8 Å². The van der Waals surface area contributed by atoms with Crippen LogP contribution in [0.5, 0.6) is 0 Å². The van der Waals surface area contributed by atoms with Crippen LogP contribution in [0.2, 0.25) is 0 Å². The molecule has 1 amide bonds. The van der Waals surface area contributed by atoms with Crippen LogP contribution < -0.4 is 4.90 Å². The Morgan fingerprint density at radius 1 is 1.19 bits per heavy atom. The molecule has 0 saturated carbocycles. The first-order valence-corrected chi connectivity index (χ1v) is 4.74. The Morgan fingerprint density at radius 2 is 1.75 bits per heavy atom. The highest BCUT2D eigenvalue weighted by Gasteiger charge is 2.17. The predicted octanol–water partition coefficient (Wildman–Crippen LogP) is 1.84. The molecule has 16 heavy (non-hydrogen) atoms. The molecule has 0 heterocycles. The molecule has 0 aliphatic carbocycles. The number of hydrogen-bond acceptors (Lipinski definition) is 4. The lowest BCUT2D eigenvalue weighted by molar-refractivity contribution is -0.233. The van der Waals surface area contributed by atoms with E-state index in [1.807, 2.05) is 18.2 Å². The maximum absolute atomic E-state index is 11.6. The van der Waals surface area contributed by atoms with Crippen molar-refractivity contribution in [3.63, 3.8) is 0 Å². The van der Waals surface area contributed by atoms with Crippen molar-refractivity contribution < 1.29 is 19.0 Å². The summed E-state index contributed by atoms with van der Waals surface area (Å²) in [5.41, 5.74) is 0.735. The summed E-state index contributed by atoms with van der Waals surface area (Å²) in [7, 11) is 4.40. The molecule has 0 N–H and O–H groups in total. The van der Waals surface area contributed by atoms with E-state index in [4.69, 9.17) is 14.2 Å². The summed E-state index contributed by atoms with van der Waals surface area (Å²) in [6.07, 6.45) is -0.542. The first kappa shape index (κ1) is 12.5. The van der Waals surface area contributed by atoms with E-state index in [0.29, 0.717) is 0 Å². The Labute approximate surface area is 94.5 Å². The van der Waals surface area contributed by atoms with Crippen molar-refractivity contribution in [1.29, 1.82) is 0 Å². The molecular weight excluding hydrogens is 210 g/mol. The van der Waals surface area contributed by atoms with Crippen molar-refractivity contribution in [2.75, 3.05) is 26.2 Å². The van der Waals surface area contributed by atoms with Gasteiger partial charge in [-0.15, -0.1) is 0 Å². The molecule has 5 nitrogen and oxygen atoms in total. The molecule has 1 rings (SSSR count). The lowest BCUT2D eigenvalue weighted by Crippen LogP contribution is -2.32. The van der Waals surface area contributed by atoms with Crippen LogP contribution in [0.1, 0.15) is 0 Å². The second kappa shape index (κ2) is 6.09. The van der Waals surface area contributed by atoms with Gasteiger partial charge in [0.15, 0.2) is 0 Å². The average molecular weight is 225 g/mol. The third-order valence-electron chi connectivity index (χ3n) is 2.00. The number of methoxy groups -OCH3 is 2. The molecule has 0 radical (unpaired) electrons. The van der Waals surface area contributed by atoms with Crippen molar-refractivity contribution in [2.24, 2.45) is 0 Å². The van der Waals surface area contributed by atoms with Crippen molar-refractivity contribution in [2.45, 2.75) is 6.48 Å². The Balaban J connectivity index is 2.61. The summed E-state index contributed by atoms with van der Waals surface area (Å²) in [5, 5.41) is 0. The smallest absolute Gasteiger partial charge is 0.394 e. The number of anilines is 1. The van der Waals surface area contributed by atoms with Gasteiger partial charge in [-0.2, -0.15) is 0 Å². The highest BCUT2D eigenvalue weighted by molar-refractivity contribution is 5.86. The van der Waals surface area contributed by atoms with E-state index in [1.165, 1.54) is 19.1 Å². The maximum Gasteiger partial charge on any atom is 0.418 e. The van der Waals surface area contributed by atoms with Gasteiger partial charge in [-0.25, -0.2) is 4.79 Å². The average Bonchev–Trinajstić information content (AvgIpc) is 2.35. The van der Waals surface area contributed by atoms with E-state index in [0.717, 1.165) is 5.69 Å². The first-order valence-electron chi connectivity index (χ1n) is 4.74. The number of rotatable bonds is 4. The molecule has 1 aromatic carbocycles. The molecule has 5 heteroatoms. The topological polar surface area (TPSA) is 48.0 Å². The molecule has 0 aliphatic heterocycles. The largest absolute Gasteiger partial charge is 0.418 e. The van der Waals surface area contributed by atoms with Crippen LogP contribution in [0, 0.1) is 0 Å². The molecule has 0 fully saturated rings. The summed E-state index contributed by atoms with van der Waals surface area (Å²) in [4.78, 5) is 13.0. The molecule has 0 bridgehead atoms. The zero-order valence-corrected chi connectivity index (χ0v) is 9.54. The molecule has 0 aliphatic rings. The predicted molar refractivity (Wildman–Crippen MR) is 59.1 cm³/mol. The van der Waals surface area contributed by atoms with E-state index in [9.17, 15) is 4.79 Å². The normalized spacial score (nSPS) is 10.2. The Morgan fingerprint density at radius 3 is 2.25 bits per heavy atom. The Kier molecular flexibility index (Phi) is 4.75. The monoisotopic (exact) mass is 225 g/mol. The van der Waals surface area contributed by atoms with Gasteiger partial charge in [0.2, 0.25) is 0 Å². The fourth-order valence-corrected chi connectivity index (χ4v) is 1.11. The van der Waals surface area contributed by atoms with E-state index in [-0.39, 0.29) is 0 Å². The highest BCUT2D eigenvalue weighted by Crippen LogP contribution is 2.12. The van der Waals surface area contributed by atoms with Crippen LogP contribution in [0.25, 0.3) is 0 Å². The minimum Gasteiger partial charge on any atom is -0.394 e. The van der Waals surface area contributed by atoms with Gasteiger partial charge in [-0.3, -0.25) is 4.90 Å². The Hall–Kier alpha value is -1.59. The fourth-order valence-electron chi connectivity index (χ4n) is 1.11. The summed E-state index contributed by atoms with van der Waals surface area (Å²) < 4.78 is 14.4. The standard InChI is InChI=1S/C11H15NO4/c1-12(9-7-5-4-6-8-9)10(13)16-11(14-2)15-3/h4-8,11H,1-3H3. The van der Waals surface area contributed by atoms with Crippen LogP contribution in [0.4, 0.5) is 10.5 Å². The number of hydrogen-bond donors (Lipinski definition) is 0. The van der Waals surface area contributed by atoms with Crippen molar-refractivity contribution >= 4 is 11.8 Å². The summed E-state index contributed by atoms with van der Waals surface area (Å²) in [6.45, 7) is -0.987. The SMILES string of the molecule is COC(OC)OC(=O)N(C)c1ccccc1. The van der Waals surface area contributed by atoms with Crippen molar-refractivity contribution in [3.8, 4) is 0 Å². The minimum atomic E-state index is -0.987. The number of ether oxygens (including phenoxy) is 3. The van der Waals surface area contributed by atoms with Gasteiger partial charge >= 0.3 is 12.6 Å². The molecule has 0 atom stereocenters. The van der Waals surface area contributed by atoms with Gasteiger partial charge in [0.1, 0.15) is 0 Å². The third-order valence-corrected chi connectivity index (χ3v) is 2.00. The number of benzene rings is 1. The molecule has 0 spiro atoms. The molecule has 0 saturated heterocycles. The number of carbonyl (C=O) groups is 1. The Bertz CT molecular complexity index is 324. The molecule has 88 valence electrons. The van der Waals surface area contributed by atoms with Gasteiger partial charge in [0.25, 0.3) is 0 Å². The van der Waals surface area contributed by atoms with Gasteiger partial charge < -0.3 is 14.2 Å². The van der Waals surface area contributed by atoms with Crippen LogP contribution in [-0.2, 0) is 14.2 Å². The summed E-state index contributed by atoms with van der Waals surface area (Å²) in [6, 6.07) is 9.15. The lowest BCUT2D eigenvalue weighted by Gasteiger charge is -2.20. The van der Waals surface area contributed by atoms with Crippen LogP contribution >= 0.6 is 0 Å². The van der Waals surface area contributed by atoms with Gasteiger partial charge in [-0.1, -0.05) is 18.2 Å². The lowest BCUT2D eigenvalue weighted by atomic mass is 10.3. The second-order valence-corrected chi connectivity index (χ2v) is 3.04. The van der Waals surface area contributed by atoms with Crippen LogP contribution in [0.15, 0.2) is 30.3 Å².